The molecule has 188 valence electrons. The number of benzene rings is 3. The predicted octanol–water partition coefficient (Wildman–Crippen LogP) is 5.84. The van der Waals surface area contributed by atoms with Crippen LogP contribution in [0.25, 0.3) is 22.0 Å². The minimum atomic E-state index is -0.318. The lowest BCUT2D eigenvalue weighted by molar-refractivity contribution is 0.0716. The lowest BCUT2D eigenvalue weighted by atomic mass is 9.96. The van der Waals surface area contributed by atoms with Gasteiger partial charge in [-0.1, -0.05) is 24.3 Å². The van der Waals surface area contributed by atoms with Gasteiger partial charge in [0.25, 0.3) is 5.91 Å². The Kier molecular flexibility index (Phi) is 7.70. The van der Waals surface area contributed by atoms with E-state index in [2.05, 4.69) is 34.2 Å². The molecule has 1 N–H and O–H groups in total. The molecule has 7 heteroatoms. The third kappa shape index (κ3) is 5.26. The van der Waals surface area contributed by atoms with Gasteiger partial charge in [-0.2, -0.15) is 5.10 Å². The van der Waals surface area contributed by atoms with Crippen LogP contribution in [0.4, 0.5) is 4.39 Å². The summed E-state index contributed by atoms with van der Waals surface area (Å²) in [6.45, 7) is 5.19. The number of halogens is 1. The fourth-order valence-electron chi connectivity index (χ4n) is 4.58. The molecule has 4 aromatic rings. The Morgan fingerprint density at radius 2 is 1.92 bits per heavy atom. The van der Waals surface area contributed by atoms with E-state index in [1.54, 1.807) is 23.1 Å². The van der Waals surface area contributed by atoms with Gasteiger partial charge in [-0.3, -0.25) is 9.89 Å². The van der Waals surface area contributed by atoms with Gasteiger partial charge in [0.15, 0.2) is 0 Å². The molecule has 0 spiro atoms. The van der Waals surface area contributed by atoms with Crippen molar-refractivity contribution in [2.75, 3.05) is 34.3 Å². The number of aromatic nitrogens is 2. The number of amides is 1. The van der Waals surface area contributed by atoms with Crippen LogP contribution in [0, 0.1) is 12.7 Å². The highest BCUT2D eigenvalue weighted by molar-refractivity contribution is 5.96. The summed E-state index contributed by atoms with van der Waals surface area (Å²) in [5.41, 5.74) is 5.09. The molecule has 1 amide bonds. The highest BCUT2D eigenvalue weighted by Crippen LogP contribution is 2.34. The van der Waals surface area contributed by atoms with E-state index < -0.39 is 0 Å². The van der Waals surface area contributed by atoms with Gasteiger partial charge in [0.2, 0.25) is 0 Å². The van der Waals surface area contributed by atoms with Crippen LogP contribution in [0.2, 0.25) is 0 Å². The van der Waals surface area contributed by atoms with Crippen LogP contribution in [0.5, 0.6) is 5.75 Å². The van der Waals surface area contributed by atoms with Crippen molar-refractivity contribution in [3.05, 3.63) is 83.3 Å². The Balaban J connectivity index is 1.71. The summed E-state index contributed by atoms with van der Waals surface area (Å²) in [7, 11) is 5.89. The number of rotatable bonds is 9. The standard InChI is InChI=1S/C29H33FN4O2/c1-6-36-27-17-21(11-13-23(27)20-8-7-9-22(30)16-20)29(35)34(5)26(14-15-33(3)4)24-12-10-19(2)25-18-31-32-28(24)25/h7-13,16-18,26H,6,14-15H2,1-5H3,(H,31,32)/t26-/m0/s1. The van der Waals surface area contributed by atoms with Gasteiger partial charge in [0, 0.05) is 29.1 Å². The molecule has 1 heterocycles. The normalized spacial score (nSPS) is 12.2. The summed E-state index contributed by atoms with van der Waals surface area (Å²) in [5, 5.41) is 8.45. The van der Waals surface area contributed by atoms with E-state index in [0.29, 0.717) is 23.5 Å². The summed E-state index contributed by atoms with van der Waals surface area (Å²) < 4.78 is 19.7. The second kappa shape index (κ2) is 10.9. The topological polar surface area (TPSA) is 61.5 Å². The lowest BCUT2D eigenvalue weighted by Crippen LogP contribution is -2.33. The van der Waals surface area contributed by atoms with Gasteiger partial charge < -0.3 is 14.5 Å². The fraction of sp³-hybridized carbons (Fsp3) is 0.310. The number of carbonyl (C=O) groups excluding carboxylic acids is 1. The summed E-state index contributed by atoms with van der Waals surface area (Å²) in [6.07, 6.45) is 2.59. The van der Waals surface area contributed by atoms with Crippen molar-refractivity contribution in [2.24, 2.45) is 0 Å². The summed E-state index contributed by atoms with van der Waals surface area (Å²) in [4.78, 5) is 17.7. The summed E-state index contributed by atoms with van der Waals surface area (Å²) in [5.74, 6) is 0.124. The van der Waals surface area contributed by atoms with E-state index in [4.69, 9.17) is 4.74 Å². The minimum Gasteiger partial charge on any atom is -0.493 e. The van der Waals surface area contributed by atoms with Gasteiger partial charge in [-0.15, -0.1) is 0 Å². The Hall–Kier alpha value is -3.71. The van der Waals surface area contributed by atoms with E-state index in [9.17, 15) is 9.18 Å². The fourth-order valence-corrected chi connectivity index (χ4v) is 4.58. The second-order valence-corrected chi connectivity index (χ2v) is 9.31. The highest BCUT2D eigenvalue weighted by atomic mass is 19.1. The van der Waals surface area contributed by atoms with Crippen LogP contribution in [0.3, 0.4) is 0 Å². The number of carbonyl (C=O) groups is 1. The summed E-state index contributed by atoms with van der Waals surface area (Å²) in [6, 6.07) is 15.7. The Labute approximate surface area is 211 Å². The third-order valence-corrected chi connectivity index (χ3v) is 6.53. The van der Waals surface area contributed by atoms with Crippen molar-refractivity contribution < 1.29 is 13.9 Å². The number of fused-ring (bicyclic) bond motifs is 1. The molecule has 4 rings (SSSR count). The molecular weight excluding hydrogens is 455 g/mol. The molecule has 0 aliphatic carbocycles. The third-order valence-electron chi connectivity index (χ3n) is 6.53. The largest absolute Gasteiger partial charge is 0.493 e. The molecule has 0 saturated heterocycles. The zero-order valence-electron chi connectivity index (χ0n) is 21.5. The number of hydrogen-bond acceptors (Lipinski definition) is 4. The first-order chi connectivity index (χ1) is 17.3. The van der Waals surface area contributed by atoms with E-state index in [1.165, 1.54) is 12.1 Å². The lowest BCUT2D eigenvalue weighted by Gasteiger charge is -2.30. The van der Waals surface area contributed by atoms with Crippen molar-refractivity contribution in [2.45, 2.75) is 26.3 Å². The molecule has 0 aliphatic heterocycles. The van der Waals surface area contributed by atoms with Crippen molar-refractivity contribution in [3.8, 4) is 16.9 Å². The van der Waals surface area contributed by atoms with E-state index >= 15 is 0 Å². The van der Waals surface area contributed by atoms with Gasteiger partial charge in [0.05, 0.1) is 24.4 Å². The SMILES string of the molecule is CCOc1cc(C(=O)N(C)[C@@H](CCN(C)C)c2ccc(C)c3cn[nH]c23)ccc1-c1cccc(F)c1. The van der Waals surface area contributed by atoms with Crippen molar-refractivity contribution >= 4 is 16.8 Å². The minimum absolute atomic E-state index is 0.112. The molecule has 0 saturated carbocycles. The second-order valence-electron chi connectivity index (χ2n) is 9.31. The van der Waals surface area contributed by atoms with Crippen LogP contribution in [0.1, 0.15) is 40.9 Å². The Morgan fingerprint density at radius 3 is 2.64 bits per heavy atom. The number of aromatic amines is 1. The van der Waals surface area contributed by atoms with Crippen molar-refractivity contribution in [1.29, 1.82) is 0 Å². The number of nitrogens with zero attached hydrogens (tertiary/aromatic N) is 3. The number of hydrogen-bond donors (Lipinski definition) is 1. The van der Waals surface area contributed by atoms with Gasteiger partial charge in [-0.05, 0) is 82.4 Å². The number of ether oxygens (including phenoxy) is 1. The molecule has 0 bridgehead atoms. The molecule has 6 nitrogen and oxygen atoms in total. The summed E-state index contributed by atoms with van der Waals surface area (Å²) >= 11 is 0. The zero-order chi connectivity index (χ0) is 25.8. The van der Waals surface area contributed by atoms with Gasteiger partial charge in [-0.25, -0.2) is 4.39 Å². The van der Waals surface area contributed by atoms with Crippen LogP contribution in [-0.2, 0) is 0 Å². The van der Waals surface area contributed by atoms with Gasteiger partial charge >= 0.3 is 0 Å². The number of nitrogens with one attached hydrogen (secondary N) is 1. The molecule has 1 aromatic heterocycles. The quantitative estimate of drug-likeness (QED) is 0.321. The van der Waals surface area contributed by atoms with E-state index in [0.717, 1.165) is 40.6 Å². The molecule has 0 radical (unpaired) electrons. The van der Waals surface area contributed by atoms with Crippen LogP contribution in [0.15, 0.2) is 60.8 Å². The number of aryl methyl sites for hydroxylation is 1. The average Bonchev–Trinajstić information content (AvgIpc) is 3.36. The highest BCUT2D eigenvalue weighted by Gasteiger charge is 2.26. The van der Waals surface area contributed by atoms with E-state index in [1.807, 2.05) is 46.4 Å². The zero-order valence-corrected chi connectivity index (χ0v) is 21.5. The van der Waals surface area contributed by atoms with E-state index in [-0.39, 0.29) is 17.8 Å². The smallest absolute Gasteiger partial charge is 0.254 e. The first-order valence-electron chi connectivity index (χ1n) is 12.2. The molecule has 0 fully saturated rings. The maximum atomic E-state index is 13.9. The monoisotopic (exact) mass is 488 g/mol. The Bertz CT molecular complexity index is 1360. The molecule has 0 unspecified atom stereocenters. The van der Waals surface area contributed by atoms with Gasteiger partial charge in [0.1, 0.15) is 11.6 Å². The molecule has 1 atom stereocenters. The van der Waals surface area contributed by atoms with Crippen molar-refractivity contribution in [3.63, 3.8) is 0 Å². The number of H-pyrrole nitrogens is 1. The van der Waals surface area contributed by atoms with Crippen LogP contribution in [-0.4, -0.2) is 60.2 Å². The first-order valence-corrected chi connectivity index (χ1v) is 12.2. The average molecular weight is 489 g/mol. The first kappa shape index (κ1) is 25.4. The maximum absolute atomic E-state index is 13.9. The molecular formula is C29H33FN4O2. The van der Waals surface area contributed by atoms with Crippen LogP contribution >= 0.6 is 0 Å². The van der Waals surface area contributed by atoms with Crippen molar-refractivity contribution in [1.82, 2.24) is 20.0 Å². The molecule has 3 aromatic carbocycles. The maximum Gasteiger partial charge on any atom is 0.254 e. The molecule has 36 heavy (non-hydrogen) atoms. The molecule has 0 aliphatic rings. The predicted molar refractivity (Wildman–Crippen MR) is 142 cm³/mol. The van der Waals surface area contributed by atoms with Crippen LogP contribution < -0.4 is 4.74 Å². The Morgan fingerprint density at radius 1 is 1.11 bits per heavy atom.